The van der Waals surface area contributed by atoms with Crippen molar-refractivity contribution < 1.29 is 18.7 Å². The maximum absolute atomic E-state index is 13.7. The molecule has 1 aromatic heterocycles. The second kappa shape index (κ2) is 10.3. The highest BCUT2D eigenvalue weighted by atomic mass is 19.1. The van der Waals surface area contributed by atoms with E-state index in [9.17, 15) is 14.0 Å². The average Bonchev–Trinajstić information content (AvgIpc) is 3.03. The van der Waals surface area contributed by atoms with E-state index in [0.29, 0.717) is 17.8 Å². The fourth-order valence-electron chi connectivity index (χ4n) is 3.31. The number of hydrogen-bond acceptors (Lipinski definition) is 4. The molecular weight excluding hydrogens is 421 g/mol. The number of esters is 1. The van der Waals surface area contributed by atoms with Crippen LogP contribution in [0, 0.1) is 33.5 Å². The molecule has 1 unspecified atom stereocenters. The van der Waals surface area contributed by atoms with E-state index in [4.69, 9.17) is 4.74 Å². The monoisotopic (exact) mass is 449 g/mol. The molecule has 3 rings (SSSR count). The zero-order valence-corrected chi connectivity index (χ0v) is 19.5. The molecule has 0 aliphatic rings. The summed E-state index contributed by atoms with van der Waals surface area (Å²) in [6, 6.07) is 12.6. The van der Waals surface area contributed by atoms with Gasteiger partial charge in [0.05, 0.1) is 12.2 Å². The number of nitrogens with zero attached hydrogens (tertiary/aromatic N) is 2. The summed E-state index contributed by atoms with van der Waals surface area (Å²) in [5, 5.41) is 7.12. The molecule has 2 aromatic carbocycles. The summed E-state index contributed by atoms with van der Waals surface area (Å²) in [7, 11) is 0. The van der Waals surface area contributed by atoms with Crippen molar-refractivity contribution in [1.82, 2.24) is 9.78 Å². The quantitative estimate of drug-likeness (QED) is 0.412. The molecule has 0 radical (unpaired) electrons. The van der Waals surface area contributed by atoms with Crippen LogP contribution < -0.4 is 5.32 Å². The average molecular weight is 450 g/mol. The lowest BCUT2D eigenvalue weighted by Crippen LogP contribution is -2.29. The zero-order chi connectivity index (χ0) is 24.1. The Morgan fingerprint density at radius 1 is 1.12 bits per heavy atom. The third-order valence-corrected chi connectivity index (χ3v) is 5.38. The Morgan fingerprint density at radius 3 is 2.48 bits per heavy atom. The number of halogens is 1. The van der Waals surface area contributed by atoms with Crippen LogP contribution in [-0.4, -0.2) is 27.8 Å². The summed E-state index contributed by atoms with van der Waals surface area (Å²) in [6.07, 6.45) is 1.88. The van der Waals surface area contributed by atoms with Crippen LogP contribution in [0.2, 0.25) is 0 Å². The molecule has 1 amide bonds. The number of carbonyl (C=O) groups is 2. The molecule has 7 heteroatoms. The van der Waals surface area contributed by atoms with Gasteiger partial charge in [-0.25, -0.2) is 9.18 Å². The van der Waals surface area contributed by atoms with Crippen LogP contribution >= 0.6 is 0 Å². The molecular formula is C26H28FN3O3. The Hall–Kier alpha value is -3.74. The van der Waals surface area contributed by atoms with Crippen LogP contribution in [0.4, 0.5) is 10.1 Å². The van der Waals surface area contributed by atoms with Gasteiger partial charge >= 0.3 is 5.97 Å². The maximum Gasteiger partial charge on any atom is 0.331 e. The molecule has 1 N–H and O–H groups in total. The van der Waals surface area contributed by atoms with Crippen LogP contribution in [0.15, 0.2) is 48.5 Å². The minimum absolute atomic E-state index is 0.300. The van der Waals surface area contributed by atoms with Crippen molar-refractivity contribution >= 4 is 23.6 Å². The minimum Gasteiger partial charge on any atom is -0.449 e. The second-order valence-electron chi connectivity index (χ2n) is 8.09. The van der Waals surface area contributed by atoms with Crippen LogP contribution in [-0.2, 0) is 20.9 Å². The lowest BCUT2D eigenvalue weighted by atomic mass is 10.1. The summed E-state index contributed by atoms with van der Waals surface area (Å²) >= 11 is 0. The topological polar surface area (TPSA) is 73.2 Å². The number of hydrogen-bond donors (Lipinski definition) is 1. The summed E-state index contributed by atoms with van der Waals surface area (Å²) in [5.74, 6) is -1.62. The predicted molar refractivity (Wildman–Crippen MR) is 126 cm³/mol. The van der Waals surface area contributed by atoms with Gasteiger partial charge in [0.2, 0.25) is 0 Å². The normalized spacial score (nSPS) is 12.1. The van der Waals surface area contributed by atoms with E-state index < -0.39 is 23.8 Å². The lowest BCUT2D eigenvalue weighted by Gasteiger charge is -2.12. The van der Waals surface area contributed by atoms with E-state index in [-0.39, 0.29) is 0 Å². The fraction of sp³-hybridized carbons (Fsp3) is 0.269. The first-order valence-electron chi connectivity index (χ1n) is 10.7. The number of carbonyl (C=O) groups excluding carboxylic acids is 2. The smallest absolute Gasteiger partial charge is 0.331 e. The Bertz CT molecular complexity index is 1200. The summed E-state index contributed by atoms with van der Waals surface area (Å²) < 4.78 is 20.7. The van der Waals surface area contributed by atoms with Crippen molar-refractivity contribution in [3.8, 4) is 0 Å². The van der Waals surface area contributed by atoms with Gasteiger partial charge in [0, 0.05) is 23.0 Å². The number of rotatable bonds is 7. The lowest BCUT2D eigenvalue weighted by molar-refractivity contribution is -0.148. The standard InChI is InChI=1S/C26H28FN3O3/c1-16-6-9-21(10-7-16)15-30-19(4)23(18(3)29-30)12-13-25(31)33-20(5)26(32)28-22-11-8-17(2)24(27)14-22/h6-14,20H,15H2,1-5H3,(H,28,32)/b13-12+. The zero-order valence-electron chi connectivity index (χ0n) is 19.5. The molecule has 3 aromatic rings. The van der Waals surface area contributed by atoms with Gasteiger partial charge in [0.25, 0.3) is 5.91 Å². The highest BCUT2D eigenvalue weighted by molar-refractivity contribution is 5.96. The maximum atomic E-state index is 13.7. The summed E-state index contributed by atoms with van der Waals surface area (Å²) in [4.78, 5) is 24.5. The Balaban J connectivity index is 1.61. The van der Waals surface area contributed by atoms with Gasteiger partial charge < -0.3 is 10.1 Å². The van der Waals surface area contributed by atoms with E-state index >= 15 is 0 Å². The van der Waals surface area contributed by atoms with Gasteiger partial charge in [-0.15, -0.1) is 0 Å². The third-order valence-electron chi connectivity index (χ3n) is 5.38. The molecule has 0 saturated heterocycles. The number of benzene rings is 2. The van der Waals surface area contributed by atoms with Crippen LogP contribution in [0.3, 0.4) is 0 Å². The Labute approximate surface area is 193 Å². The van der Waals surface area contributed by atoms with Gasteiger partial charge in [-0.05, 0) is 64.0 Å². The number of aromatic nitrogens is 2. The fourth-order valence-corrected chi connectivity index (χ4v) is 3.31. The highest BCUT2D eigenvalue weighted by Gasteiger charge is 2.17. The van der Waals surface area contributed by atoms with Crippen molar-refractivity contribution in [3.63, 3.8) is 0 Å². The van der Waals surface area contributed by atoms with E-state index in [1.54, 1.807) is 25.1 Å². The molecule has 0 aliphatic heterocycles. The Kier molecular flexibility index (Phi) is 7.43. The first kappa shape index (κ1) is 23.9. The van der Waals surface area contributed by atoms with Crippen molar-refractivity contribution in [2.45, 2.75) is 47.3 Å². The van der Waals surface area contributed by atoms with Gasteiger partial charge in [-0.3, -0.25) is 9.48 Å². The van der Waals surface area contributed by atoms with Crippen molar-refractivity contribution in [1.29, 1.82) is 0 Å². The van der Waals surface area contributed by atoms with Crippen molar-refractivity contribution in [2.75, 3.05) is 5.32 Å². The summed E-state index contributed by atoms with van der Waals surface area (Å²) in [6.45, 7) is 9.58. The van der Waals surface area contributed by atoms with Gasteiger partial charge in [-0.1, -0.05) is 35.9 Å². The third kappa shape index (κ3) is 6.16. The first-order chi connectivity index (χ1) is 15.6. The number of amides is 1. The van der Waals surface area contributed by atoms with Crippen molar-refractivity contribution in [3.05, 3.63) is 88.0 Å². The summed E-state index contributed by atoms with van der Waals surface area (Å²) in [5.41, 5.74) is 5.64. The molecule has 0 fully saturated rings. The van der Waals surface area contributed by atoms with E-state index in [2.05, 4.69) is 34.7 Å². The van der Waals surface area contributed by atoms with Crippen LogP contribution in [0.25, 0.3) is 6.08 Å². The predicted octanol–water partition coefficient (Wildman–Crippen LogP) is 4.89. The largest absolute Gasteiger partial charge is 0.449 e. The Morgan fingerprint density at radius 2 is 1.82 bits per heavy atom. The molecule has 172 valence electrons. The van der Waals surface area contributed by atoms with Gasteiger partial charge in [0.1, 0.15) is 5.82 Å². The number of anilines is 1. The number of nitrogens with one attached hydrogen (secondary N) is 1. The molecule has 6 nitrogen and oxygen atoms in total. The van der Waals surface area contributed by atoms with Gasteiger partial charge in [0.15, 0.2) is 6.10 Å². The van der Waals surface area contributed by atoms with E-state index in [0.717, 1.165) is 22.5 Å². The highest BCUT2D eigenvalue weighted by Crippen LogP contribution is 2.17. The first-order valence-corrected chi connectivity index (χ1v) is 10.7. The number of aryl methyl sites for hydroxylation is 3. The number of ether oxygens (including phenoxy) is 1. The molecule has 0 bridgehead atoms. The minimum atomic E-state index is -1.04. The molecule has 1 atom stereocenters. The molecule has 33 heavy (non-hydrogen) atoms. The molecule has 0 spiro atoms. The van der Waals surface area contributed by atoms with E-state index in [1.165, 1.54) is 24.6 Å². The molecule has 0 aliphatic carbocycles. The second-order valence-corrected chi connectivity index (χ2v) is 8.09. The van der Waals surface area contributed by atoms with Crippen LogP contribution in [0.1, 0.15) is 40.6 Å². The molecule has 1 heterocycles. The van der Waals surface area contributed by atoms with Crippen LogP contribution in [0.5, 0.6) is 0 Å². The SMILES string of the molecule is Cc1ccc(Cn2nc(C)c(/C=C/C(=O)OC(C)C(=O)Nc3ccc(C)c(F)c3)c2C)cc1. The van der Waals surface area contributed by atoms with E-state index in [1.807, 2.05) is 25.5 Å². The van der Waals surface area contributed by atoms with Gasteiger partial charge in [-0.2, -0.15) is 5.10 Å². The molecule has 0 saturated carbocycles. The van der Waals surface area contributed by atoms with Crippen molar-refractivity contribution in [2.24, 2.45) is 0 Å².